The molecule has 0 bridgehead atoms. The molecule has 7 heteroatoms. The van der Waals surface area contributed by atoms with Crippen LogP contribution in [0.1, 0.15) is 24.0 Å². The molecule has 2 rings (SSSR count). The highest BCUT2D eigenvalue weighted by molar-refractivity contribution is 5.86. The Morgan fingerprint density at radius 1 is 1.48 bits per heavy atom. The summed E-state index contributed by atoms with van der Waals surface area (Å²) in [6.07, 6.45) is 0.958. The van der Waals surface area contributed by atoms with Gasteiger partial charge in [0.05, 0.1) is 10.5 Å². The molecule has 1 fully saturated rings. The van der Waals surface area contributed by atoms with E-state index in [0.29, 0.717) is 37.2 Å². The van der Waals surface area contributed by atoms with E-state index in [-0.39, 0.29) is 18.1 Å². The molecule has 1 amide bonds. The topological polar surface area (TPSA) is 107 Å². The van der Waals surface area contributed by atoms with Gasteiger partial charge in [-0.2, -0.15) is 0 Å². The molecule has 1 aliphatic rings. The van der Waals surface area contributed by atoms with E-state index in [1.807, 2.05) is 0 Å². The maximum absolute atomic E-state index is 12.2. The zero-order chi connectivity index (χ0) is 15.5. The van der Waals surface area contributed by atoms with Crippen LogP contribution in [0.3, 0.4) is 0 Å². The number of nitro groups is 1. The molecule has 3 N–H and O–H groups in total. The molecule has 0 spiro atoms. The standard InChI is InChI=1S/C14H19N3O4/c1-10-11(3-2-4-12(10)17(19)20)9-16-13(18)14(15)5-7-21-8-6-14/h2-4H,5-9,15H2,1H3,(H,16,18). The summed E-state index contributed by atoms with van der Waals surface area (Å²) in [5.74, 6) is -0.239. The van der Waals surface area contributed by atoms with Gasteiger partial charge in [0.1, 0.15) is 0 Å². The summed E-state index contributed by atoms with van der Waals surface area (Å²) in [4.78, 5) is 22.7. The molecule has 114 valence electrons. The van der Waals surface area contributed by atoms with E-state index in [2.05, 4.69) is 5.32 Å². The monoisotopic (exact) mass is 293 g/mol. The zero-order valence-corrected chi connectivity index (χ0v) is 11.9. The first kappa shape index (κ1) is 15.4. The van der Waals surface area contributed by atoms with Gasteiger partial charge in [-0.05, 0) is 25.3 Å². The molecule has 21 heavy (non-hydrogen) atoms. The van der Waals surface area contributed by atoms with Crippen molar-refractivity contribution in [1.29, 1.82) is 0 Å². The summed E-state index contributed by atoms with van der Waals surface area (Å²) in [6.45, 7) is 2.85. The number of benzene rings is 1. The van der Waals surface area contributed by atoms with Gasteiger partial charge >= 0.3 is 0 Å². The third kappa shape index (κ3) is 3.37. The van der Waals surface area contributed by atoms with Crippen molar-refractivity contribution >= 4 is 11.6 Å². The SMILES string of the molecule is Cc1c(CNC(=O)C2(N)CCOCC2)cccc1[N+](=O)[O-]. The minimum absolute atomic E-state index is 0.0512. The van der Waals surface area contributed by atoms with Crippen LogP contribution in [0.15, 0.2) is 18.2 Å². The first-order valence-corrected chi connectivity index (χ1v) is 6.82. The van der Waals surface area contributed by atoms with Crippen LogP contribution in [-0.4, -0.2) is 29.6 Å². The Hall–Kier alpha value is -1.99. The van der Waals surface area contributed by atoms with Crippen LogP contribution in [0.5, 0.6) is 0 Å². The van der Waals surface area contributed by atoms with Gasteiger partial charge < -0.3 is 15.8 Å². The molecule has 0 atom stereocenters. The van der Waals surface area contributed by atoms with E-state index in [1.54, 1.807) is 19.1 Å². The second kappa shape index (κ2) is 6.19. The quantitative estimate of drug-likeness (QED) is 0.636. The number of nitrogens with two attached hydrogens (primary N) is 1. The number of rotatable bonds is 4. The lowest BCUT2D eigenvalue weighted by Gasteiger charge is -2.31. The van der Waals surface area contributed by atoms with Crippen molar-refractivity contribution < 1.29 is 14.5 Å². The van der Waals surface area contributed by atoms with Crippen molar-refractivity contribution in [3.8, 4) is 0 Å². The fourth-order valence-corrected chi connectivity index (χ4v) is 2.37. The van der Waals surface area contributed by atoms with Gasteiger partial charge in [-0.3, -0.25) is 14.9 Å². The Balaban J connectivity index is 2.04. The molecule has 1 heterocycles. The van der Waals surface area contributed by atoms with E-state index >= 15 is 0 Å². The fourth-order valence-electron chi connectivity index (χ4n) is 2.37. The predicted octanol–water partition coefficient (Wildman–Crippen LogP) is 1.03. The number of ether oxygens (including phenoxy) is 1. The van der Waals surface area contributed by atoms with E-state index in [0.717, 1.165) is 0 Å². The largest absolute Gasteiger partial charge is 0.381 e. The average Bonchev–Trinajstić information content (AvgIpc) is 2.46. The lowest BCUT2D eigenvalue weighted by molar-refractivity contribution is -0.385. The number of nitrogens with zero attached hydrogens (tertiary/aromatic N) is 1. The molecule has 1 aromatic rings. The van der Waals surface area contributed by atoms with Crippen molar-refractivity contribution in [2.24, 2.45) is 5.73 Å². The van der Waals surface area contributed by atoms with Crippen LogP contribution >= 0.6 is 0 Å². The second-order valence-corrected chi connectivity index (χ2v) is 5.27. The number of amides is 1. The Labute approximate surface area is 122 Å². The number of hydrogen-bond donors (Lipinski definition) is 2. The van der Waals surface area contributed by atoms with Crippen LogP contribution in [-0.2, 0) is 16.1 Å². The van der Waals surface area contributed by atoms with E-state index in [9.17, 15) is 14.9 Å². The van der Waals surface area contributed by atoms with Gasteiger partial charge in [0.2, 0.25) is 5.91 Å². The highest BCUT2D eigenvalue weighted by Gasteiger charge is 2.35. The fraction of sp³-hybridized carbons (Fsp3) is 0.500. The van der Waals surface area contributed by atoms with E-state index < -0.39 is 10.5 Å². The number of carbonyl (C=O) groups excluding carboxylic acids is 1. The first-order valence-electron chi connectivity index (χ1n) is 6.82. The van der Waals surface area contributed by atoms with Gasteiger partial charge in [-0.25, -0.2) is 0 Å². The average molecular weight is 293 g/mol. The summed E-state index contributed by atoms with van der Waals surface area (Å²) in [7, 11) is 0. The Bertz CT molecular complexity index is 553. The molecule has 0 aromatic heterocycles. The van der Waals surface area contributed by atoms with Gasteiger partial charge in [0, 0.05) is 31.4 Å². The molecule has 1 aliphatic heterocycles. The smallest absolute Gasteiger partial charge is 0.272 e. The van der Waals surface area contributed by atoms with Crippen molar-refractivity contribution in [3.63, 3.8) is 0 Å². The minimum Gasteiger partial charge on any atom is -0.381 e. The van der Waals surface area contributed by atoms with Crippen molar-refractivity contribution in [2.45, 2.75) is 31.8 Å². The van der Waals surface area contributed by atoms with Crippen LogP contribution in [0.4, 0.5) is 5.69 Å². The summed E-state index contributed by atoms with van der Waals surface area (Å²) in [5, 5.41) is 13.7. The summed E-state index contributed by atoms with van der Waals surface area (Å²) in [5.41, 5.74) is 6.50. The summed E-state index contributed by atoms with van der Waals surface area (Å²) < 4.78 is 5.20. The highest BCUT2D eigenvalue weighted by Crippen LogP contribution is 2.22. The molecule has 1 aromatic carbocycles. The number of nitrogens with one attached hydrogen (secondary N) is 1. The lowest BCUT2D eigenvalue weighted by Crippen LogP contribution is -2.56. The van der Waals surface area contributed by atoms with Crippen LogP contribution < -0.4 is 11.1 Å². The van der Waals surface area contributed by atoms with E-state index in [1.165, 1.54) is 6.07 Å². The maximum Gasteiger partial charge on any atom is 0.272 e. The minimum atomic E-state index is -0.910. The Morgan fingerprint density at radius 2 is 2.14 bits per heavy atom. The lowest BCUT2D eigenvalue weighted by atomic mass is 9.90. The molecule has 0 unspecified atom stereocenters. The molecule has 0 radical (unpaired) electrons. The van der Waals surface area contributed by atoms with Crippen LogP contribution in [0.2, 0.25) is 0 Å². The van der Waals surface area contributed by atoms with Gasteiger partial charge in [-0.15, -0.1) is 0 Å². The van der Waals surface area contributed by atoms with Crippen molar-refractivity contribution in [3.05, 3.63) is 39.4 Å². The zero-order valence-electron chi connectivity index (χ0n) is 11.9. The summed E-state index contributed by atoms with van der Waals surface area (Å²) >= 11 is 0. The molecule has 1 saturated heterocycles. The molecular formula is C14H19N3O4. The molecule has 7 nitrogen and oxygen atoms in total. The maximum atomic E-state index is 12.2. The Morgan fingerprint density at radius 3 is 2.76 bits per heavy atom. The first-order chi connectivity index (χ1) is 9.94. The second-order valence-electron chi connectivity index (χ2n) is 5.27. The molecule has 0 aliphatic carbocycles. The molecule has 0 saturated carbocycles. The van der Waals surface area contributed by atoms with Gasteiger partial charge in [0.25, 0.3) is 5.69 Å². The third-order valence-electron chi connectivity index (χ3n) is 3.89. The number of carbonyl (C=O) groups is 1. The summed E-state index contributed by atoms with van der Waals surface area (Å²) in [6, 6.07) is 4.82. The van der Waals surface area contributed by atoms with Crippen LogP contribution in [0.25, 0.3) is 0 Å². The number of hydrogen-bond acceptors (Lipinski definition) is 5. The van der Waals surface area contributed by atoms with Crippen molar-refractivity contribution in [2.75, 3.05) is 13.2 Å². The van der Waals surface area contributed by atoms with Gasteiger partial charge in [0.15, 0.2) is 0 Å². The van der Waals surface area contributed by atoms with Crippen molar-refractivity contribution in [1.82, 2.24) is 5.32 Å². The Kier molecular flexibility index (Phi) is 4.54. The highest BCUT2D eigenvalue weighted by atomic mass is 16.6. The predicted molar refractivity (Wildman–Crippen MR) is 76.7 cm³/mol. The third-order valence-corrected chi connectivity index (χ3v) is 3.89. The van der Waals surface area contributed by atoms with Crippen LogP contribution in [0, 0.1) is 17.0 Å². The van der Waals surface area contributed by atoms with E-state index in [4.69, 9.17) is 10.5 Å². The molecular weight excluding hydrogens is 274 g/mol. The van der Waals surface area contributed by atoms with Gasteiger partial charge in [-0.1, -0.05) is 12.1 Å². The number of nitro benzene ring substituents is 1. The normalized spacial score (nSPS) is 17.2.